The van der Waals surface area contributed by atoms with Gasteiger partial charge in [-0.1, -0.05) is 29.8 Å². The maximum atomic E-state index is 3.39. The van der Waals surface area contributed by atoms with Crippen LogP contribution in [0.25, 0.3) is 11.6 Å². The molecule has 0 radical (unpaired) electrons. The molecule has 0 aliphatic carbocycles. The lowest BCUT2D eigenvalue weighted by molar-refractivity contribution is 1.25. The van der Waals surface area contributed by atoms with Crippen LogP contribution in [-0.4, -0.2) is 11.5 Å². The van der Waals surface area contributed by atoms with Crippen molar-refractivity contribution in [2.24, 2.45) is 0 Å². The molecule has 1 aromatic heterocycles. The minimum Gasteiger partial charge on any atom is -0.367 e. The summed E-state index contributed by atoms with van der Waals surface area (Å²) in [7, 11) is 0. The molecular formula is C14H14N2. The molecule has 1 aliphatic rings. The van der Waals surface area contributed by atoms with E-state index in [0.29, 0.717) is 0 Å². The second-order valence-electron chi connectivity index (χ2n) is 4.20. The van der Waals surface area contributed by atoms with Crippen molar-refractivity contribution >= 4 is 17.5 Å². The molecule has 1 aromatic carbocycles. The van der Waals surface area contributed by atoms with E-state index in [0.717, 1.165) is 12.4 Å². The number of anilines is 1. The van der Waals surface area contributed by atoms with Crippen molar-refractivity contribution in [1.29, 1.82) is 0 Å². The van der Waals surface area contributed by atoms with Gasteiger partial charge >= 0.3 is 0 Å². The van der Waals surface area contributed by atoms with Gasteiger partial charge in [-0.3, -0.25) is 0 Å². The van der Waals surface area contributed by atoms with Crippen LogP contribution in [-0.2, 0) is 0 Å². The highest BCUT2D eigenvalue weighted by molar-refractivity contribution is 5.89. The molecule has 1 aliphatic heterocycles. The molecule has 0 fully saturated rings. The average Bonchev–Trinajstić information content (AvgIpc) is 2.75. The summed E-state index contributed by atoms with van der Waals surface area (Å²) < 4.78 is 0. The SMILES string of the molecule is Cc1cccc(C2=Cc3cc[nH]c3NC2)c1. The van der Waals surface area contributed by atoms with Gasteiger partial charge in [0, 0.05) is 18.3 Å². The fourth-order valence-corrected chi connectivity index (χ4v) is 2.11. The summed E-state index contributed by atoms with van der Waals surface area (Å²) in [6, 6.07) is 10.7. The zero-order valence-corrected chi connectivity index (χ0v) is 9.25. The molecule has 3 rings (SSSR count). The van der Waals surface area contributed by atoms with E-state index >= 15 is 0 Å². The number of H-pyrrole nitrogens is 1. The summed E-state index contributed by atoms with van der Waals surface area (Å²) in [6.07, 6.45) is 4.21. The predicted molar refractivity (Wildman–Crippen MR) is 68.3 cm³/mol. The van der Waals surface area contributed by atoms with Crippen molar-refractivity contribution < 1.29 is 0 Å². The Morgan fingerprint density at radius 1 is 1.19 bits per heavy atom. The number of rotatable bonds is 1. The maximum absolute atomic E-state index is 3.39. The molecule has 0 bridgehead atoms. The zero-order valence-electron chi connectivity index (χ0n) is 9.25. The molecule has 0 saturated heterocycles. The van der Waals surface area contributed by atoms with Gasteiger partial charge < -0.3 is 10.3 Å². The van der Waals surface area contributed by atoms with Crippen LogP contribution in [0.3, 0.4) is 0 Å². The van der Waals surface area contributed by atoms with Crippen molar-refractivity contribution in [3.8, 4) is 0 Å². The molecule has 2 heteroatoms. The van der Waals surface area contributed by atoms with E-state index in [-0.39, 0.29) is 0 Å². The highest BCUT2D eigenvalue weighted by Crippen LogP contribution is 2.27. The quantitative estimate of drug-likeness (QED) is 0.742. The first-order chi connectivity index (χ1) is 7.83. The molecule has 2 aromatic rings. The van der Waals surface area contributed by atoms with Crippen LogP contribution in [0.5, 0.6) is 0 Å². The van der Waals surface area contributed by atoms with E-state index < -0.39 is 0 Å². The normalized spacial score (nSPS) is 13.9. The molecule has 0 unspecified atom stereocenters. The standard InChI is InChI=1S/C14H14N2/c1-10-3-2-4-11(7-10)13-8-12-5-6-15-14(12)16-9-13/h2-8,15-16H,9H2,1H3. The fraction of sp³-hybridized carbons (Fsp3) is 0.143. The van der Waals surface area contributed by atoms with Crippen LogP contribution < -0.4 is 5.32 Å². The number of aromatic amines is 1. The minimum atomic E-state index is 0.886. The van der Waals surface area contributed by atoms with Crippen LogP contribution in [0.4, 0.5) is 5.82 Å². The first-order valence-electron chi connectivity index (χ1n) is 5.52. The summed E-state index contributed by atoms with van der Waals surface area (Å²) >= 11 is 0. The van der Waals surface area contributed by atoms with Gasteiger partial charge in [-0.2, -0.15) is 0 Å². The average molecular weight is 210 g/mol. The third kappa shape index (κ3) is 1.52. The van der Waals surface area contributed by atoms with E-state index in [1.54, 1.807) is 0 Å². The van der Waals surface area contributed by atoms with Crippen LogP contribution in [0.15, 0.2) is 36.5 Å². The molecule has 0 atom stereocenters. The number of nitrogens with one attached hydrogen (secondary N) is 2. The Morgan fingerprint density at radius 2 is 2.12 bits per heavy atom. The number of hydrogen-bond acceptors (Lipinski definition) is 1. The lowest BCUT2D eigenvalue weighted by Crippen LogP contribution is -2.09. The third-order valence-electron chi connectivity index (χ3n) is 2.95. The number of benzene rings is 1. The largest absolute Gasteiger partial charge is 0.367 e. The van der Waals surface area contributed by atoms with Crippen molar-refractivity contribution in [3.05, 3.63) is 53.2 Å². The monoisotopic (exact) mass is 210 g/mol. The van der Waals surface area contributed by atoms with E-state index in [1.807, 2.05) is 6.20 Å². The lowest BCUT2D eigenvalue weighted by Gasteiger charge is -2.16. The van der Waals surface area contributed by atoms with Crippen LogP contribution in [0.2, 0.25) is 0 Å². The Labute approximate surface area is 95.0 Å². The summed E-state index contributed by atoms with van der Waals surface area (Å²) in [5, 5.41) is 3.39. The Bertz CT molecular complexity index is 549. The first kappa shape index (κ1) is 9.28. The molecule has 0 spiro atoms. The highest BCUT2D eigenvalue weighted by Gasteiger charge is 2.11. The lowest BCUT2D eigenvalue weighted by atomic mass is 10.00. The summed E-state index contributed by atoms with van der Waals surface area (Å²) in [6.45, 7) is 3.01. The molecule has 0 saturated carbocycles. The van der Waals surface area contributed by atoms with Gasteiger partial charge in [0.25, 0.3) is 0 Å². The van der Waals surface area contributed by atoms with E-state index in [1.165, 1.54) is 22.3 Å². The van der Waals surface area contributed by atoms with E-state index in [2.05, 4.69) is 53.6 Å². The first-order valence-corrected chi connectivity index (χ1v) is 5.52. The highest BCUT2D eigenvalue weighted by atomic mass is 15.0. The molecule has 0 amide bonds. The molecular weight excluding hydrogens is 196 g/mol. The zero-order chi connectivity index (χ0) is 11.0. The Balaban J connectivity index is 2.04. The van der Waals surface area contributed by atoms with E-state index in [9.17, 15) is 0 Å². The van der Waals surface area contributed by atoms with Gasteiger partial charge in [-0.15, -0.1) is 0 Å². The second-order valence-corrected chi connectivity index (χ2v) is 4.20. The molecule has 16 heavy (non-hydrogen) atoms. The Kier molecular flexibility index (Phi) is 2.07. The number of aryl methyl sites for hydroxylation is 1. The van der Waals surface area contributed by atoms with E-state index in [4.69, 9.17) is 0 Å². The third-order valence-corrected chi connectivity index (χ3v) is 2.95. The smallest absolute Gasteiger partial charge is 0.110 e. The molecule has 80 valence electrons. The van der Waals surface area contributed by atoms with Gasteiger partial charge in [-0.25, -0.2) is 0 Å². The Hall–Kier alpha value is -1.96. The van der Waals surface area contributed by atoms with Gasteiger partial charge in [0.1, 0.15) is 5.82 Å². The number of hydrogen-bond donors (Lipinski definition) is 2. The summed E-state index contributed by atoms with van der Waals surface area (Å²) in [5.74, 6) is 1.12. The maximum Gasteiger partial charge on any atom is 0.110 e. The van der Waals surface area contributed by atoms with Crippen molar-refractivity contribution in [1.82, 2.24) is 4.98 Å². The number of fused-ring (bicyclic) bond motifs is 1. The number of aromatic nitrogens is 1. The molecule has 2 N–H and O–H groups in total. The summed E-state index contributed by atoms with van der Waals surface area (Å²) in [5.41, 5.74) is 5.19. The topological polar surface area (TPSA) is 27.8 Å². The van der Waals surface area contributed by atoms with Gasteiger partial charge in [-0.05, 0) is 30.2 Å². The summed E-state index contributed by atoms with van der Waals surface area (Å²) in [4.78, 5) is 3.19. The van der Waals surface area contributed by atoms with Crippen LogP contribution >= 0.6 is 0 Å². The molecule has 2 nitrogen and oxygen atoms in total. The van der Waals surface area contributed by atoms with Gasteiger partial charge in [0.15, 0.2) is 0 Å². The fourth-order valence-electron chi connectivity index (χ4n) is 2.11. The van der Waals surface area contributed by atoms with Crippen molar-refractivity contribution in [2.75, 3.05) is 11.9 Å². The van der Waals surface area contributed by atoms with Gasteiger partial charge in [0.05, 0.1) is 0 Å². The van der Waals surface area contributed by atoms with Crippen LogP contribution in [0, 0.1) is 6.92 Å². The minimum absolute atomic E-state index is 0.886. The predicted octanol–water partition coefficient (Wildman–Crippen LogP) is 3.29. The van der Waals surface area contributed by atoms with Crippen molar-refractivity contribution in [3.63, 3.8) is 0 Å². The van der Waals surface area contributed by atoms with Crippen LogP contribution in [0.1, 0.15) is 16.7 Å². The van der Waals surface area contributed by atoms with Gasteiger partial charge in [0.2, 0.25) is 0 Å². The second kappa shape index (κ2) is 3.56. The molecule has 2 heterocycles. The Morgan fingerprint density at radius 3 is 3.00 bits per heavy atom. The van der Waals surface area contributed by atoms with Crippen molar-refractivity contribution in [2.45, 2.75) is 6.92 Å².